The van der Waals surface area contributed by atoms with E-state index in [1.54, 1.807) is 7.11 Å². The molecule has 0 aliphatic heterocycles. The number of hydrogen-bond donors (Lipinski definition) is 1. The fourth-order valence-electron chi connectivity index (χ4n) is 1.99. The van der Waals surface area contributed by atoms with Crippen molar-refractivity contribution in [1.82, 2.24) is 4.98 Å². The minimum Gasteiger partial charge on any atom is -0.497 e. The molecule has 0 bridgehead atoms. The second-order valence-corrected chi connectivity index (χ2v) is 4.42. The highest BCUT2D eigenvalue weighted by atomic mass is 16.5. The van der Waals surface area contributed by atoms with Crippen LogP contribution in [0.5, 0.6) is 11.5 Å². The van der Waals surface area contributed by atoms with E-state index in [1.165, 1.54) is 0 Å². The predicted molar refractivity (Wildman–Crippen MR) is 80.5 cm³/mol. The largest absolute Gasteiger partial charge is 0.497 e. The molecule has 1 heterocycles. The normalized spacial score (nSPS) is 10.2. The van der Waals surface area contributed by atoms with Crippen molar-refractivity contribution in [2.75, 3.05) is 19.0 Å². The van der Waals surface area contributed by atoms with E-state index in [9.17, 15) is 0 Å². The minimum atomic E-state index is 0.627. The van der Waals surface area contributed by atoms with Gasteiger partial charge in [0, 0.05) is 17.8 Å². The van der Waals surface area contributed by atoms with Crippen LogP contribution in [0.3, 0.4) is 0 Å². The maximum atomic E-state index is 5.59. The highest BCUT2D eigenvalue weighted by molar-refractivity contribution is 5.56. The van der Waals surface area contributed by atoms with E-state index in [-0.39, 0.29) is 0 Å². The first-order valence-corrected chi connectivity index (χ1v) is 6.70. The van der Waals surface area contributed by atoms with Gasteiger partial charge < -0.3 is 14.8 Å². The second-order valence-electron chi connectivity index (χ2n) is 4.42. The first-order chi connectivity index (χ1) is 9.72. The fraction of sp³-hybridized carbons (Fsp3) is 0.312. The number of ether oxygens (including phenoxy) is 2. The summed E-state index contributed by atoms with van der Waals surface area (Å²) >= 11 is 0. The van der Waals surface area contributed by atoms with Crippen LogP contribution >= 0.6 is 0 Å². The molecule has 0 spiro atoms. The zero-order valence-electron chi connectivity index (χ0n) is 12.1. The monoisotopic (exact) mass is 272 g/mol. The maximum absolute atomic E-state index is 5.59. The number of rotatable bonds is 6. The Bertz CT molecular complexity index is 570. The quantitative estimate of drug-likeness (QED) is 0.875. The summed E-state index contributed by atoms with van der Waals surface area (Å²) in [6.07, 6.45) is 0. The average molecular weight is 272 g/mol. The van der Waals surface area contributed by atoms with E-state index in [1.807, 2.05) is 50.2 Å². The molecule has 0 unspecified atom stereocenters. The third-order valence-electron chi connectivity index (χ3n) is 2.86. The highest BCUT2D eigenvalue weighted by Gasteiger charge is 2.04. The van der Waals surface area contributed by atoms with Crippen LogP contribution in [0, 0.1) is 6.92 Å². The van der Waals surface area contributed by atoms with Gasteiger partial charge in [-0.3, -0.25) is 4.98 Å². The van der Waals surface area contributed by atoms with Crippen molar-refractivity contribution in [2.24, 2.45) is 0 Å². The van der Waals surface area contributed by atoms with Crippen LogP contribution in [-0.2, 0) is 6.54 Å². The van der Waals surface area contributed by atoms with E-state index in [4.69, 9.17) is 9.47 Å². The standard InChI is InChI=1S/C16H20N2O2/c1-4-20-16-8-6-5-7-15(16)17-11-13-10-14(19-3)9-12(2)18-13/h5-10,17H,4,11H2,1-3H3. The molecule has 4 nitrogen and oxygen atoms in total. The molecule has 0 atom stereocenters. The summed E-state index contributed by atoms with van der Waals surface area (Å²) in [5.41, 5.74) is 2.85. The lowest BCUT2D eigenvalue weighted by atomic mass is 10.2. The lowest BCUT2D eigenvalue weighted by molar-refractivity contribution is 0.341. The van der Waals surface area contributed by atoms with Gasteiger partial charge in [-0.1, -0.05) is 12.1 Å². The van der Waals surface area contributed by atoms with Gasteiger partial charge in [-0.05, 0) is 26.0 Å². The van der Waals surface area contributed by atoms with Gasteiger partial charge in [0.25, 0.3) is 0 Å². The molecular weight excluding hydrogens is 252 g/mol. The number of pyridine rings is 1. The van der Waals surface area contributed by atoms with Gasteiger partial charge >= 0.3 is 0 Å². The molecule has 0 saturated carbocycles. The third kappa shape index (κ3) is 3.63. The van der Waals surface area contributed by atoms with Crippen molar-refractivity contribution >= 4 is 5.69 Å². The topological polar surface area (TPSA) is 43.4 Å². The fourth-order valence-corrected chi connectivity index (χ4v) is 1.99. The zero-order valence-corrected chi connectivity index (χ0v) is 12.1. The van der Waals surface area contributed by atoms with Crippen LogP contribution in [0.1, 0.15) is 18.3 Å². The molecular formula is C16H20N2O2. The summed E-state index contributed by atoms with van der Waals surface area (Å²) in [7, 11) is 1.66. The van der Waals surface area contributed by atoms with Gasteiger partial charge in [0.05, 0.1) is 31.6 Å². The Labute approximate surface area is 119 Å². The van der Waals surface area contributed by atoms with E-state index < -0.39 is 0 Å². The molecule has 106 valence electrons. The van der Waals surface area contributed by atoms with Crippen LogP contribution in [0.25, 0.3) is 0 Å². The van der Waals surface area contributed by atoms with Crippen molar-refractivity contribution < 1.29 is 9.47 Å². The van der Waals surface area contributed by atoms with Gasteiger partial charge in [-0.25, -0.2) is 0 Å². The number of aryl methyl sites for hydroxylation is 1. The Hall–Kier alpha value is -2.23. The Morgan fingerprint density at radius 1 is 1.20 bits per heavy atom. The van der Waals surface area contributed by atoms with Crippen molar-refractivity contribution in [1.29, 1.82) is 0 Å². The number of benzene rings is 1. The molecule has 1 aromatic carbocycles. The molecule has 4 heteroatoms. The number of aromatic nitrogens is 1. The summed E-state index contributed by atoms with van der Waals surface area (Å²) < 4.78 is 10.8. The van der Waals surface area contributed by atoms with Gasteiger partial charge in [0.1, 0.15) is 11.5 Å². The van der Waals surface area contributed by atoms with E-state index in [0.29, 0.717) is 13.2 Å². The van der Waals surface area contributed by atoms with Crippen LogP contribution in [0.2, 0.25) is 0 Å². The zero-order chi connectivity index (χ0) is 14.4. The summed E-state index contributed by atoms with van der Waals surface area (Å²) in [5, 5.41) is 3.35. The molecule has 1 aromatic heterocycles. The molecule has 0 fully saturated rings. The summed E-state index contributed by atoms with van der Waals surface area (Å²) in [4.78, 5) is 4.49. The first kappa shape index (κ1) is 14.2. The van der Waals surface area contributed by atoms with Gasteiger partial charge in [0.2, 0.25) is 0 Å². The van der Waals surface area contributed by atoms with Gasteiger partial charge in [0.15, 0.2) is 0 Å². The molecule has 20 heavy (non-hydrogen) atoms. The van der Waals surface area contributed by atoms with Crippen molar-refractivity contribution in [2.45, 2.75) is 20.4 Å². The molecule has 0 aliphatic rings. The number of nitrogens with one attached hydrogen (secondary N) is 1. The third-order valence-corrected chi connectivity index (χ3v) is 2.86. The average Bonchev–Trinajstić information content (AvgIpc) is 2.46. The molecule has 0 aliphatic carbocycles. The highest BCUT2D eigenvalue weighted by Crippen LogP contribution is 2.24. The Balaban J connectivity index is 2.10. The van der Waals surface area contributed by atoms with Crippen molar-refractivity contribution in [3.05, 3.63) is 47.8 Å². The first-order valence-electron chi connectivity index (χ1n) is 6.70. The van der Waals surface area contributed by atoms with Gasteiger partial charge in [-0.2, -0.15) is 0 Å². The Kier molecular flexibility index (Phi) is 4.82. The molecule has 0 saturated heterocycles. The molecule has 2 rings (SSSR count). The SMILES string of the molecule is CCOc1ccccc1NCc1cc(OC)cc(C)n1. The summed E-state index contributed by atoms with van der Waals surface area (Å²) in [6, 6.07) is 11.7. The molecule has 0 amide bonds. The van der Waals surface area contributed by atoms with Crippen LogP contribution in [0.15, 0.2) is 36.4 Å². The summed E-state index contributed by atoms with van der Waals surface area (Å²) in [5.74, 6) is 1.68. The van der Waals surface area contributed by atoms with Gasteiger partial charge in [-0.15, -0.1) is 0 Å². The lowest BCUT2D eigenvalue weighted by Crippen LogP contribution is -2.05. The molecule has 2 aromatic rings. The van der Waals surface area contributed by atoms with Crippen molar-refractivity contribution in [3.63, 3.8) is 0 Å². The second kappa shape index (κ2) is 6.80. The van der Waals surface area contributed by atoms with E-state index >= 15 is 0 Å². The van der Waals surface area contributed by atoms with Crippen LogP contribution in [0.4, 0.5) is 5.69 Å². The number of nitrogens with zero attached hydrogens (tertiary/aromatic N) is 1. The predicted octanol–water partition coefficient (Wildman–Crippen LogP) is 3.41. The number of methoxy groups -OCH3 is 1. The Morgan fingerprint density at radius 2 is 2.00 bits per heavy atom. The molecule has 0 radical (unpaired) electrons. The van der Waals surface area contributed by atoms with E-state index in [2.05, 4.69) is 10.3 Å². The number of para-hydroxylation sites is 2. The number of anilines is 1. The number of hydrogen-bond acceptors (Lipinski definition) is 4. The smallest absolute Gasteiger partial charge is 0.142 e. The van der Waals surface area contributed by atoms with Crippen molar-refractivity contribution in [3.8, 4) is 11.5 Å². The van der Waals surface area contributed by atoms with Crippen LogP contribution in [-0.4, -0.2) is 18.7 Å². The lowest BCUT2D eigenvalue weighted by Gasteiger charge is -2.12. The maximum Gasteiger partial charge on any atom is 0.142 e. The summed E-state index contributed by atoms with van der Waals surface area (Å²) in [6.45, 7) is 5.21. The molecule has 1 N–H and O–H groups in total. The van der Waals surface area contributed by atoms with E-state index in [0.717, 1.165) is 28.6 Å². The Morgan fingerprint density at radius 3 is 2.75 bits per heavy atom. The minimum absolute atomic E-state index is 0.627. The van der Waals surface area contributed by atoms with Crippen LogP contribution < -0.4 is 14.8 Å².